The minimum Gasteiger partial charge on any atom is -0.485 e. The molecule has 0 spiro atoms. The summed E-state index contributed by atoms with van der Waals surface area (Å²) in [5, 5.41) is 2.38. The Morgan fingerprint density at radius 2 is 1.75 bits per heavy atom. The molecule has 2 aromatic carbocycles. The number of hydrogen-bond acceptors (Lipinski definition) is 6. The van der Waals surface area contributed by atoms with E-state index in [9.17, 15) is 22.8 Å². The predicted octanol–water partition coefficient (Wildman–Crippen LogP) is 2.91. The molecule has 0 bridgehead atoms. The number of rotatable bonds is 5. The Labute approximate surface area is 156 Å². The van der Waals surface area contributed by atoms with E-state index in [-0.39, 0.29) is 12.3 Å². The first-order valence-corrected chi connectivity index (χ1v) is 8.01. The second-order valence-corrected chi connectivity index (χ2v) is 5.59. The van der Waals surface area contributed by atoms with Gasteiger partial charge < -0.3 is 24.3 Å². The fourth-order valence-electron chi connectivity index (χ4n) is 2.30. The maximum atomic E-state index is 12.1. The zero-order chi connectivity index (χ0) is 20.1. The number of carbonyl (C=O) groups is 2. The van der Waals surface area contributed by atoms with E-state index in [2.05, 4.69) is 10.1 Å². The van der Waals surface area contributed by atoms with Gasteiger partial charge in [0.25, 0.3) is 5.91 Å². The maximum Gasteiger partial charge on any atom is 0.573 e. The van der Waals surface area contributed by atoms with E-state index in [0.29, 0.717) is 11.5 Å². The Kier molecular flexibility index (Phi) is 5.57. The first-order valence-electron chi connectivity index (χ1n) is 8.01. The van der Waals surface area contributed by atoms with E-state index in [1.807, 2.05) is 0 Å². The van der Waals surface area contributed by atoms with Crippen molar-refractivity contribution in [1.29, 1.82) is 0 Å². The van der Waals surface area contributed by atoms with Gasteiger partial charge in [-0.2, -0.15) is 0 Å². The lowest BCUT2D eigenvalue weighted by Crippen LogP contribution is -2.39. The van der Waals surface area contributed by atoms with E-state index in [1.165, 1.54) is 12.1 Å². The largest absolute Gasteiger partial charge is 0.573 e. The number of anilines is 1. The fraction of sp³-hybridized carbons (Fsp3) is 0.222. The van der Waals surface area contributed by atoms with Gasteiger partial charge in [0.05, 0.1) is 0 Å². The average molecular weight is 397 g/mol. The fourth-order valence-corrected chi connectivity index (χ4v) is 2.30. The van der Waals surface area contributed by atoms with Gasteiger partial charge in [-0.25, -0.2) is 4.79 Å². The van der Waals surface area contributed by atoms with Gasteiger partial charge in [-0.1, -0.05) is 12.1 Å². The molecule has 0 fully saturated rings. The Bertz CT molecular complexity index is 853. The maximum absolute atomic E-state index is 12.1. The Hall–Kier alpha value is -3.43. The predicted molar refractivity (Wildman–Crippen MR) is 89.1 cm³/mol. The van der Waals surface area contributed by atoms with Gasteiger partial charge in [0.1, 0.15) is 12.4 Å². The van der Waals surface area contributed by atoms with Crippen LogP contribution in [0.3, 0.4) is 0 Å². The summed E-state index contributed by atoms with van der Waals surface area (Å²) in [6.45, 7) is -0.653. The van der Waals surface area contributed by atoms with Crippen molar-refractivity contribution in [2.24, 2.45) is 0 Å². The summed E-state index contributed by atoms with van der Waals surface area (Å²) in [6.07, 6.45) is -5.81. The SMILES string of the molecule is O=C(COC(=O)[C@@H]1COc2ccccc2O1)Nc1ccc(OC(F)(F)F)cc1. The van der Waals surface area contributed by atoms with Crippen LogP contribution in [0.4, 0.5) is 18.9 Å². The highest BCUT2D eigenvalue weighted by molar-refractivity contribution is 5.93. The van der Waals surface area contributed by atoms with E-state index < -0.39 is 36.7 Å². The van der Waals surface area contributed by atoms with Gasteiger partial charge in [0.2, 0.25) is 6.10 Å². The second kappa shape index (κ2) is 8.07. The highest BCUT2D eigenvalue weighted by Gasteiger charge is 2.31. The normalized spacial score (nSPS) is 15.5. The number of amides is 1. The van der Waals surface area contributed by atoms with E-state index in [1.54, 1.807) is 24.3 Å². The van der Waals surface area contributed by atoms with Crippen LogP contribution in [0.25, 0.3) is 0 Å². The summed E-state index contributed by atoms with van der Waals surface area (Å²) < 4.78 is 55.8. The van der Waals surface area contributed by atoms with Crippen LogP contribution in [0.5, 0.6) is 17.2 Å². The standard InChI is InChI=1S/C18H14F3NO6/c19-18(20,21)28-12-7-5-11(6-8-12)22-16(23)10-26-17(24)15-9-25-13-3-1-2-4-14(13)27-15/h1-8,15H,9-10H2,(H,22,23)/t15-/m0/s1. The van der Waals surface area contributed by atoms with Crippen molar-refractivity contribution in [2.75, 3.05) is 18.5 Å². The van der Waals surface area contributed by atoms with Crippen LogP contribution in [0.1, 0.15) is 0 Å². The molecule has 7 nitrogen and oxygen atoms in total. The summed E-state index contributed by atoms with van der Waals surface area (Å²) in [5.74, 6) is -0.983. The molecule has 10 heteroatoms. The Morgan fingerprint density at radius 3 is 2.43 bits per heavy atom. The molecule has 1 aliphatic rings. The molecule has 0 saturated heterocycles. The zero-order valence-corrected chi connectivity index (χ0v) is 14.2. The number of fused-ring (bicyclic) bond motifs is 1. The van der Waals surface area contributed by atoms with Crippen LogP contribution in [0.15, 0.2) is 48.5 Å². The molecule has 28 heavy (non-hydrogen) atoms. The minimum atomic E-state index is -4.80. The van der Waals surface area contributed by atoms with Crippen LogP contribution >= 0.6 is 0 Å². The van der Waals surface area contributed by atoms with Crippen molar-refractivity contribution in [3.63, 3.8) is 0 Å². The van der Waals surface area contributed by atoms with Crippen molar-refractivity contribution >= 4 is 17.6 Å². The Balaban J connectivity index is 1.46. The molecule has 2 aromatic rings. The first-order chi connectivity index (χ1) is 13.3. The molecule has 0 radical (unpaired) electrons. The van der Waals surface area contributed by atoms with Gasteiger partial charge in [0.15, 0.2) is 18.1 Å². The highest BCUT2D eigenvalue weighted by atomic mass is 19.4. The molecule has 1 amide bonds. The summed E-state index contributed by atoms with van der Waals surface area (Å²) in [7, 11) is 0. The number of ether oxygens (including phenoxy) is 4. The van der Waals surface area contributed by atoms with E-state index in [4.69, 9.17) is 14.2 Å². The molecule has 0 aliphatic carbocycles. The summed E-state index contributed by atoms with van der Waals surface area (Å²) in [4.78, 5) is 23.9. The molecule has 1 heterocycles. The third kappa shape index (κ3) is 5.29. The van der Waals surface area contributed by atoms with E-state index in [0.717, 1.165) is 12.1 Å². The van der Waals surface area contributed by atoms with Gasteiger partial charge in [-0.15, -0.1) is 13.2 Å². The smallest absolute Gasteiger partial charge is 0.485 e. The first kappa shape index (κ1) is 19.3. The molecule has 1 N–H and O–H groups in total. The van der Waals surface area contributed by atoms with Crippen LogP contribution in [-0.4, -0.2) is 37.6 Å². The molecular weight excluding hydrogens is 383 g/mol. The summed E-state index contributed by atoms with van der Waals surface area (Å²) in [6, 6.07) is 11.3. The third-order valence-corrected chi connectivity index (χ3v) is 3.49. The van der Waals surface area contributed by atoms with Crippen molar-refractivity contribution in [3.8, 4) is 17.2 Å². The zero-order valence-electron chi connectivity index (χ0n) is 14.2. The molecule has 3 rings (SSSR count). The molecule has 148 valence electrons. The van der Waals surface area contributed by atoms with Crippen LogP contribution in [0, 0.1) is 0 Å². The quantitative estimate of drug-likeness (QED) is 0.782. The number of alkyl halides is 3. The summed E-state index contributed by atoms with van der Waals surface area (Å²) in [5.41, 5.74) is 0.210. The monoisotopic (exact) mass is 397 g/mol. The number of halogens is 3. The number of para-hydroxylation sites is 2. The van der Waals surface area contributed by atoms with Gasteiger partial charge >= 0.3 is 12.3 Å². The van der Waals surface area contributed by atoms with Crippen molar-refractivity contribution in [2.45, 2.75) is 12.5 Å². The van der Waals surface area contributed by atoms with Crippen LogP contribution in [0.2, 0.25) is 0 Å². The number of carbonyl (C=O) groups excluding carboxylic acids is 2. The number of nitrogens with one attached hydrogen (secondary N) is 1. The lowest BCUT2D eigenvalue weighted by molar-refractivity contribution is -0.274. The molecule has 1 aliphatic heterocycles. The lowest BCUT2D eigenvalue weighted by Gasteiger charge is -2.24. The van der Waals surface area contributed by atoms with Crippen molar-refractivity contribution < 1.29 is 41.7 Å². The lowest BCUT2D eigenvalue weighted by atomic mass is 10.2. The van der Waals surface area contributed by atoms with Gasteiger partial charge in [0, 0.05) is 5.69 Å². The average Bonchev–Trinajstić information content (AvgIpc) is 2.66. The number of esters is 1. The van der Waals surface area contributed by atoms with Crippen LogP contribution < -0.4 is 19.5 Å². The minimum absolute atomic E-state index is 0.0574. The van der Waals surface area contributed by atoms with Crippen LogP contribution in [-0.2, 0) is 14.3 Å². The molecule has 0 unspecified atom stereocenters. The van der Waals surface area contributed by atoms with Crippen molar-refractivity contribution in [3.05, 3.63) is 48.5 Å². The number of hydrogen-bond donors (Lipinski definition) is 1. The van der Waals surface area contributed by atoms with Gasteiger partial charge in [-0.05, 0) is 36.4 Å². The highest BCUT2D eigenvalue weighted by Crippen LogP contribution is 2.31. The topological polar surface area (TPSA) is 83.1 Å². The molecule has 1 atom stereocenters. The third-order valence-electron chi connectivity index (χ3n) is 3.49. The van der Waals surface area contributed by atoms with Crippen molar-refractivity contribution in [1.82, 2.24) is 0 Å². The molecular formula is C18H14F3NO6. The molecule has 0 aromatic heterocycles. The van der Waals surface area contributed by atoms with Gasteiger partial charge in [-0.3, -0.25) is 4.79 Å². The number of benzene rings is 2. The second-order valence-electron chi connectivity index (χ2n) is 5.59. The Morgan fingerprint density at radius 1 is 1.07 bits per heavy atom. The summed E-state index contributed by atoms with van der Waals surface area (Å²) >= 11 is 0. The molecule has 0 saturated carbocycles. The van der Waals surface area contributed by atoms with E-state index >= 15 is 0 Å².